The average molecular weight is 257 g/mol. The summed E-state index contributed by atoms with van der Waals surface area (Å²) in [6, 6.07) is -0.397. The molecule has 0 saturated carbocycles. The number of urea groups is 1. The summed E-state index contributed by atoms with van der Waals surface area (Å²) in [4.78, 5) is 25.9. The largest absolute Gasteiger partial charge is 0.481 e. The van der Waals surface area contributed by atoms with E-state index >= 15 is 0 Å². The van der Waals surface area contributed by atoms with E-state index in [1.165, 1.54) is 11.3 Å². The minimum Gasteiger partial charge on any atom is -0.481 e. The van der Waals surface area contributed by atoms with Gasteiger partial charge in [0.25, 0.3) is 0 Å². The van der Waals surface area contributed by atoms with Crippen LogP contribution in [0.3, 0.4) is 0 Å². The van der Waals surface area contributed by atoms with Gasteiger partial charge in [0, 0.05) is 18.1 Å². The second kappa shape index (κ2) is 5.62. The summed E-state index contributed by atoms with van der Waals surface area (Å²) < 4.78 is 0. The number of amides is 2. The molecule has 1 aromatic rings. The number of hydrogen-bond acceptors (Lipinski definition) is 4. The van der Waals surface area contributed by atoms with Gasteiger partial charge in [-0.15, -0.1) is 11.3 Å². The molecule has 0 radical (unpaired) electrons. The van der Waals surface area contributed by atoms with Crippen molar-refractivity contribution in [2.24, 2.45) is 0 Å². The van der Waals surface area contributed by atoms with Crippen LogP contribution in [0.4, 0.5) is 4.79 Å². The summed E-state index contributed by atoms with van der Waals surface area (Å²) in [5.74, 6) is -0.940. The Bertz CT molecular complexity index is 390. The Hall–Kier alpha value is -1.63. The molecule has 1 rings (SSSR count). The molecule has 7 heteroatoms. The van der Waals surface area contributed by atoms with Crippen LogP contribution in [0, 0.1) is 0 Å². The van der Waals surface area contributed by atoms with Gasteiger partial charge in [0.2, 0.25) is 0 Å². The van der Waals surface area contributed by atoms with E-state index in [4.69, 9.17) is 5.11 Å². The van der Waals surface area contributed by atoms with Crippen LogP contribution in [0.1, 0.15) is 25.3 Å². The second-order valence-corrected chi connectivity index (χ2v) is 4.88. The fraction of sp³-hybridized carbons (Fsp3) is 0.500. The van der Waals surface area contributed by atoms with Gasteiger partial charge < -0.3 is 15.7 Å². The lowest BCUT2D eigenvalue weighted by molar-refractivity contribution is -0.136. The van der Waals surface area contributed by atoms with Crippen molar-refractivity contribution in [1.29, 1.82) is 0 Å². The van der Waals surface area contributed by atoms with Gasteiger partial charge in [-0.1, -0.05) is 0 Å². The first-order chi connectivity index (χ1) is 7.92. The highest BCUT2D eigenvalue weighted by atomic mass is 32.1. The highest BCUT2D eigenvalue weighted by Gasteiger charge is 2.25. The Kier molecular flexibility index (Phi) is 4.45. The molecule has 0 aliphatic heterocycles. The fourth-order valence-electron chi connectivity index (χ4n) is 1.20. The van der Waals surface area contributed by atoms with E-state index in [9.17, 15) is 9.59 Å². The third-order valence-electron chi connectivity index (χ3n) is 2.02. The van der Waals surface area contributed by atoms with Crippen LogP contribution >= 0.6 is 11.3 Å². The van der Waals surface area contributed by atoms with Crippen molar-refractivity contribution in [1.82, 2.24) is 15.6 Å². The van der Waals surface area contributed by atoms with Crippen molar-refractivity contribution in [3.63, 3.8) is 0 Å². The monoisotopic (exact) mass is 257 g/mol. The van der Waals surface area contributed by atoms with E-state index in [1.54, 1.807) is 6.20 Å². The number of carboxylic acids is 1. The summed E-state index contributed by atoms with van der Waals surface area (Å²) in [7, 11) is 0. The number of carbonyl (C=O) groups excluding carboxylic acids is 1. The number of hydrogen-bond donors (Lipinski definition) is 3. The molecule has 0 unspecified atom stereocenters. The molecule has 6 nitrogen and oxygen atoms in total. The molecule has 3 N–H and O–H groups in total. The predicted octanol–water partition coefficient (Wildman–Crippen LogP) is 1.15. The number of aromatic nitrogens is 1. The third-order valence-corrected chi connectivity index (χ3v) is 3.11. The molecule has 0 saturated heterocycles. The quantitative estimate of drug-likeness (QED) is 0.738. The van der Waals surface area contributed by atoms with Crippen LogP contribution in [-0.4, -0.2) is 28.6 Å². The summed E-state index contributed by atoms with van der Waals surface area (Å²) in [6.45, 7) is 3.78. The lowest BCUT2D eigenvalue weighted by atomic mass is 10.1. The van der Waals surface area contributed by atoms with Crippen molar-refractivity contribution < 1.29 is 14.7 Å². The van der Waals surface area contributed by atoms with Crippen molar-refractivity contribution >= 4 is 23.3 Å². The lowest BCUT2D eigenvalue weighted by Gasteiger charge is -2.23. The van der Waals surface area contributed by atoms with Crippen molar-refractivity contribution in [3.8, 4) is 0 Å². The molecule has 1 heterocycles. The minimum absolute atomic E-state index is 0.0922. The third kappa shape index (κ3) is 4.39. The number of aliphatic carboxylic acids is 1. The number of nitrogens with zero attached hydrogens (tertiary/aromatic N) is 1. The maximum atomic E-state index is 11.5. The highest BCUT2D eigenvalue weighted by molar-refractivity contribution is 7.09. The molecule has 17 heavy (non-hydrogen) atoms. The van der Waals surface area contributed by atoms with Gasteiger partial charge in [-0.2, -0.15) is 0 Å². The van der Waals surface area contributed by atoms with Crippen LogP contribution in [-0.2, 0) is 10.3 Å². The SMILES string of the molecule is CC(C)(NC(=O)NCCC(=O)O)c1nccs1. The molecule has 0 fully saturated rings. The number of carboxylic acid groups (broad SMARTS) is 1. The van der Waals surface area contributed by atoms with E-state index in [0.29, 0.717) is 0 Å². The van der Waals surface area contributed by atoms with E-state index in [1.807, 2.05) is 19.2 Å². The Morgan fingerprint density at radius 1 is 1.53 bits per heavy atom. The number of nitrogens with one attached hydrogen (secondary N) is 2. The van der Waals surface area contributed by atoms with Gasteiger partial charge >= 0.3 is 12.0 Å². The Morgan fingerprint density at radius 2 is 2.24 bits per heavy atom. The van der Waals surface area contributed by atoms with Gasteiger partial charge in [0.05, 0.1) is 12.0 Å². The summed E-state index contributed by atoms with van der Waals surface area (Å²) in [6.07, 6.45) is 1.58. The molecule has 1 aromatic heterocycles. The van der Waals surface area contributed by atoms with Crippen LogP contribution < -0.4 is 10.6 Å². The van der Waals surface area contributed by atoms with Crippen molar-refractivity contribution in [3.05, 3.63) is 16.6 Å². The molecule has 0 spiro atoms. The van der Waals surface area contributed by atoms with Crippen LogP contribution in [0.25, 0.3) is 0 Å². The van der Waals surface area contributed by atoms with Crippen molar-refractivity contribution in [2.75, 3.05) is 6.54 Å². The van der Waals surface area contributed by atoms with E-state index in [-0.39, 0.29) is 13.0 Å². The number of carbonyl (C=O) groups is 2. The first kappa shape index (κ1) is 13.4. The van der Waals surface area contributed by atoms with E-state index in [2.05, 4.69) is 15.6 Å². The lowest BCUT2D eigenvalue weighted by Crippen LogP contribution is -2.46. The van der Waals surface area contributed by atoms with Crippen LogP contribution in [0.15, 0.2) is 11.6 Å². The van der Waals surface area contributed by atoms with Crippen molar-refractivity contribution in [2.45, 2.75) is 25.8 Å². The Morgan fingerprint density at radius 3 is 2.76 bits per heavy atom. The van der Waals surface area contributed by atoms with Gasteiger partial charge in [-0.25, -0.2) is 9.78 Å². The molecular formula is C10H15N3O3S. The standard InChI is InChI=1S/C10H15N3O3S/c1-10(2,8-11-5-6-17-8)13-9(16)12-4-3-7(14)15/h5-6H,3-4H2,1-2H3,(H,14,15)(H2,12,13,16). The molecular weight excluding hydrogens is 242 g/mol. The highest BCUT2D eigenvalue weighted by Crippen LogP contribution is 2.21. The van der Waals surface area contributed by atoms with Gasteiger partial charge in [-0.05, 0) is 13.8 Å². The topological polar surface area (TPSA) is 91.3 Å². The summed E-state index contributed by atoms with van der Waals surface area (Å²) >= 11 is 1.45. The van der Waals surface area contributed by atoms with Crippen LogP contribution in [0.5, 0.6) is 0 Å². The minimum atomic E-state index is -0.940. The molecule has 2 amide bonds. The maximum absolute atomic E-state index is 11.5. The first-order valence-corrected chi connectivity index (χ1v) is 5.97. The van der Waals surface area contributed by atoms with Gasteiger partial charge in [0.1, 0.15) is 5.01 Å². The fourth-order valence-corrected chi connectivity index (χ4v) is 1.91. The van der Waals surface area contributed by atoms with Gasteiger partial charge in [-0.3, -0.25) is 4.79 Å². The summed E-state index contributed by atoms with van der Waals surface area (Å²) in [5, 5.41) is 16.3. The number of rotatable bonds is 5. The Balaban J connectivity index is 2.42. The normalized spacial score (nSPS) is 10.9. The van der Waals surface area contributed by atoms with E-state index in [0.717, 1.165) is 5.01 Å². The average Bonchev–Trinajstić information content (AvgIpc) is 2.68. The molecule has 0 aromatic carbocycles. The predicted molar refractivity (Wildman–Crippen MR) is 63.9 cm³/mol. The van der Waals surface area contributed by atoms with Gasteiger partial charge in [0.15, 0.2) is 0 Å². The molecule has 0 bridgehead atoms. The molecule has 0 aliphatic rings. The zero-order valence-electron chi connectivity index (χ0n) is 9.69. The molecule has 0 aliphatic carbocycles. The first-order valence-electron chi connectivity index (χ1n) is 5.09. The zero-order valence-corrected chi connectivity index (χ0v) is 10.5. The van der Waals surface area contributed by atoms with E-state index < -0.39 is 17.5 Å². The maximum Gasteiger partial charge on any atom is 0.315 e. The smallest absolute Gasteiger partial charge is 0.315 e. The Labute approximate surface area is 103 Å². The number of thiazole rings is 1. The molecule has 94 valence electrons. The van der Waals surface area contributed by atoms with Crippen LogP contribution in [0.2, 0.25) is 0 Å². The molecule has 0 atom stereocenters. The summed E-state index contributed by atoms with van der Waals surface area (Å²) in [5.41, 5.74) is -0.568. The second-order valence-electron chi connectivity index (χ2n) is 3.99. The zero-order chi connectivity index (χ0) is 12.9.